The van der Waals surface area contributed by atoms with Crippen molar-refractivity contribution >= 4 is 10.0 Å². The van der Waals surface area contributed by atoms with E-state index in [4.69, 9.17) is 5.11 Å². The van der Waals surface area contributed by atoms with Gasteiger partial charge in [-0.2, -0.15) is 0 Å². The standard InChI is InChI=1S/C13H19FN2O3S/c14-12-4-3-11(10-17)9-13(12)20(18,19)15-5-8-16-6-1-2-7-16/h3-4,9,15,17H,1-2,5-8,10H2. The summed E-state index contributed by atoms with van der Waals surface area (Å²) in [4.78, 5) is 1.76. The molecule has 1 aliphatic heterocycles. The van der Waals surface area contributed by atoms with Crippen LogP contribution < -0.4 is 4.72 Å². The predicted molar refractivity (Wildman–Crippen MR) is 73.2 cm³/mol. The highest BCUT2D eigenvalue weighted by atomic mass is 32.2. The van der Waals surface area contributed by atoms with Crippen LogP contribution in [0, 0.1) is 5.82 Å². The monoisotopic (exact) mass is 302 g/mol. The third-order valence-corrected chi connectivity index (χ3v) is 4.86. The van der Waals surface area contributed by atoms with Gasteiger partial charge in [0.25, 0.3) is 0 Å². The van der Waals surface area contributed by atoms with E-state index in [0.717, 1.165) is 38.1 Å². The molecule has 1 aliphatic rings. The van der Waals surface area contributed by atoms with E-state index >= 15 is 0 Å². The maximum atomic E-state index is 13.6. The summed E-state index contributed by atoms with van der Waals surface area (Å²) in [5.41, 5.74) is 0.367. The molecule has 2 N–H and O–H groups in total. The Bertz CT molecular complexity index is 557. The van der Waals surface area contributed by atoms with Gasteiger partial charge in [0.2, 0.25) is 10.0 Å². The number of rotatable bonds is 6. The van der Waals surface area contributed by atoms with Gasteiger partial charge >= 0.3 is 0 Å². The smallest absolute Gasteiger partial charge is 0.243 e. The quantitative estimate of drug-likeness (QED) is 0.811. The molecule has 20 heavy (non-hydrogen) atoms. The summed E-state index contributed by atoms with van der Waals surface area (Å²) in [5.74, 6) is -0.809. The van der Waals surface area contributed by atoms with Gasteiger partial charge in [-0.1, -0.05) is 6.07 Å². The van der Waals surface area contributed by atoms with Crippen LogP contribution >= 0.6 is 0 Å². The van der Waals surface area contributed by atoms with Crippen LogP contribution in [-0.2, 0) is 16.6 Å². The Morgan fingerprint density at radius 1 is 1.30 bits per heavy atom. The number of aliphatic hydroxyl groups excluding tert-OH is 1. The molecule has 1 heterocycles. The number of nitrogens with zero attached hydrogens (tertiary/aromatic N) is 1. The van der Waals surface area contributed by atoms with E-state index in [1.807, 2.05) is 0 Å². The van der Waals surface area contributed by atoms with Crippen molar-refractivity contribution in [1.29, 1.82) is 0 Å². The largest absolute Gasteiger partial charge is 0.392 e. The molecule has 7 heteroatoms. The lowest BCUT2D eigenvalue weighted by molar-refractivity contribution is 0.281. The molecule has 1 fully saturated rings. The molecule has 0 bridgehead atoms. The zero-order chi connectivity index (χ0) is 14.6. The Kier molecular flexibility index (Phi) is 5.09. The van der Waals surface area contributed by atoms with Crippen LogP contribution in [0.15, 0.2) is 23.1 Å². The average Bonchev–Trinajstić information content (AvgIpc) is 2.92. The SMILES string of the molecule is O=S(=O)(NCCN1CCCC1)c1cc(CO)ccc1F. The van der Waals surface area contributed by atoms with Gasteiger partial charge in [-0.15, -0.1) is 0 Å². The number of halogens is 1. The second-order valence-electron chi connectivity index (χ2n) is 4.87. The van der Waals surface area contributed by atoms with E-state index in [9.17, 15) is 12.8 Å². The third kappa shape index (κ3) is 3.76. The molecular weight excluding hydrogens is 283 g/mol. The summed E-state index contributed by atoms with van der Waals surface area (Å²) in [6, 6.07) is 3.58. The van der Waals surface area contributed by atoms with Gasteiger partial charge in [0.1, 0.15) is 10.7 Å². The van der Waals surface area contributed by atoms with E-state index in [0.29, 0.717) is 12.1 Å². The fourth-order valence-corrected chi connectivity index (χ4v) is 3.42. The van der Waals surface area contributed by atoms with Crippen molar-refractivity contribution < 1.29 is 17.9 Å². The average molecular weight is 302 g/mol. The van der Waals surface area contributed by atoms with Crippen LogP contribution in [-0.4, -0.2) is 44.6 Å². The Morgan fingerprint density at radius 2 is 2.00 bits per heavy atom. The predicted octanol–water partition coefficient (Wildman–Crippen LogP) is 0.692. The molecule has 0 unspecified atom stereocenters. The lowest BCUT2D eigenvalue weighted by atomic mass is 10.2. The summed E-state index contributed by atoms with van der Waals surface area (Å²) in [6.45, 7) is 2.52. The topological polar surface area (TPSA) is 69.6 Å². The second kappa shape index (κ2) is 6.62. The van der Waals surface area contributed by atoms with Crippen molar-refractivity contribution in [1.82, 2.24) is 9.62 Å². The number of sulfonamides is 1. The molecule has 0 saturated carbocycles. The lowest BCUT2D eigenvalue weighted by Crippen LogP contribution is -2.33. The van der Waals surface area contributed by atoms with E-state index in [1.54, 1.807) is 0 Å². The van der Waals surface area contributed by atoms with E-state index in [-0.39, 0.29) is 13.2 Å². The molecule has 5 nitrogen and oxygen atoms in total. The fraction of sp³-hybridized carbons (Fsp3) is 0.538. The molecule has 1 saturated heterocycles. The van der Waals surface area contributed by atoms with Gasteiger partial charge in [-0.3, -0.25) is 0 Å². The Hall–Kier alpha value is -1.02. The van der Waals surface area contributed by atoms with Gasteiger partial charge in [0.15, 0.2) is 0 Å². The molecule has 0 radical (unpaired) electrons. The first-order chi connectivity index (χ1) is 9.53. The Labute approximate surface area is 118 Å². The first-order valence-electron chi connectivity index (χ1n) is 6.64. The summed E-state index contributed by atoms with van der Waals surface area (Å²) in [6.07, 6.45) is 2.28. The first kappa shape index (κ1) is 15.4. The molecule has 0 atom stereocenters. The third-order valence-electron chi connectivity index (χ3n) is 3.39. The maximum Gasteiger partial charge on any atom is 0.243 e. The number of hydrogen-bond acceptors (Lipinski definition) is 4. The normalized spacial score (nSPS) is 16.7. The van der Waals surface area contributed by atoms with Crippen LogP contribution in [0.2, 0.25) is 0 Å². The minimum Gasteiger partial charge on any atom is -0.392 e. The molecule has 0 spiro atoms. The molecule has 1 aromatic carbocycles. The number of hydrogen-bond donors (Lipinski definition) is 2. The van der Waals surface area contributed by atoms with Crippen LogP contribution in [0.3, 0.4) is 0 Å². The molecule has 0 amide bonds. The second-order valence-corrected chi connectivity index (χ2v) is 6.60. The number of nitrogens with one attached hydrogen (secondary N) is 1. The van der Waals surface area contributed by atoms with Gasteiger partial charge < -0.3 is 10.0 Å². The summed E-state index contributed by atoms with van der Waals surface area (Å²) in [7, 11) is -3.88. The number of aliphatic hydroxyl groups is 1. The molecule has 1 aromatic rings. The summed E-state index contributed by atoms with van der Waals surface area (Å²) in [5, 5.41) is 8.99. The van der Waals surface area contributed by atoms with Crippen LogP contribution in [0.5, 0.6) is 0 Å². The minimum atomic E-state index is -3.88. The molecule has 0 aromatic heterocycles. The Morgan fingerprint density at radius 3 is 2.65 bits per heavy atom. The molecule has 112 valence electrons. The first-order valence-corrected chi connectivity index (χ1v) is 8.12. The van der Waals surface area contributed by atoms with E-state index < -0.39 is 20.7 Å². The lowest BCUT2D eigenvalue weighted by Gasteiger charge is -2.15. The number of benzene rings is 1. The van der Waals surface area contributed by atoms with E-state index in [1.165, 1.54) is 6.07 Å². The van der Waals surface area contributed by atoms with Gasteiger partial charge in [0, 0.05) is 13.1 Å². The zero-order valence-corrected chi connectivity index (χ0v) is 12.0. The molecular formula is C13H19FN2O3S. The fourth-order valence-electron chi connectivity index (χ4n) is 2.27. The molecule has 2 rings (SSSR count). The van der Waals surface area contributed by atoms with Gasteiger partial charge in [-0.05, 0) is 43.6 Å². The van der Waals surface area contributed by atoms with Gasteiger partial charge in [-0.25, -0.2) is 17.5 Å². The van der Waals surface area contributed by atoms with Crippen molar-refractivity contribution in [3.8, 4) is 0 Å². The summed E-state index contributed by atoms with van der Waals surface area (Å²) < 4.78 is 40.1. The van der Waals surface area contributed by atoms with Crippen molar-refractivity contribution in [3.05, 3.63) is 29.6 Å². The highest BCUT2D eigenvalue weighted by Gasteiger charge is 2.20. The Balaban J connectivity index is 2.01. The van der Waals surface area contributed by atoms with Crippen LogP contribution in [0.4, 0.5) is 4.39 Å². The van der Waals surface area contributed by atoms with Crippen molar-refractivity contribution in [3.63, 3.8) is 0 Å². The van der Waals surface area contributed by atoms with Crippen molar-refractivity contribution in [2.45, 2.75) is 24.3 Å². The minimum absolute atomic E-state index is 0.255. The van der Waals surface area contributed by atoms with E-state index in [2.05, 4.69) is 9.62 Å². The zero-order valence-electron chi connectivity index (χ0n) is 11.2. The highest BCUT2D eigenvalue weighted by Crippen LogP contribution is 2.16. The van der Waals surface area contributed by atoms with Crippen molar-refractivity contribution in [2.75, 3.05) is 26.2 Å². The maximum absolute atomic E-state index is 13.6. The molecule has 0 aliphatic carbocycles. The number of likely N-dealkylation sites (tertiary alicyclic amines) is 1. The van der Waals surface area contributed by atoms with Gasteiger partial charge in [0.05, 0.1) is 6.61 Å². The highest BCUT2D eigenvalue weighted by molar-refractivity contribution is 7.89. The van der Waals surface area contributed by atoms with Crippen molar-refractivity contribution in [2.24, 2.45) is 0 Å². The van der Waals surface area contributed by atoms with Crippen LogP contribution in [0.25, 0.3) is 0 Å². The summed E-state index contributed by atoms with van der Waals surface area (Å²) >= 11 is 0. The van der Waals surface area contributed by atoms with Crippen LogP contribution in [0.1, 0.15) is 18.4 Å².